The van der Waals surface area contributed by atoms with Crippen LogP contribution in [0.4, 0.5) is 16.4 Å². The third-order valence-electron chi connectivity index (χ3n) is 5.44. The van der Waals surface area contributed by atoms with E-state index in [-0.39, 0.29) is 5.95 Å². The fourth-order valence-electron chi connectivity index (χ4n) is 3.39. The summed E-state index contributed by atoms with van der Waals surface area (Å²) in [5.74, 6) is 1.02. The first kappa shape index (κ1) is 20.8. The Labute approximate surface area is 181 Å². The average Bonchev–Trinajstić information content (AvgIpc) is 3.58. The molecule has 7 nitrogen and oxygen atoms in total. The number of rotatable bonds is 8. The Kier molecular flexibility index (Phi) is 6.43. The number of nitrogens with one attached hydrogen (secondary N) is 4. The highest BCUT2D eigenvalue weighted by molar-refractivity contribution is 5.99. The molecule has 1 heterocycles. The molecular weight excluding hydrogens is 390 g/mol. The maximum atomic E-state index is 12.5. The summed E-state index contributed by atoms with van der Waals surface area (Å²) in [5.41, 5.74) is 3.65. The summed E-state index contributed by atoms with van der Waals surface area (Å²) in [6, 6.07) is 14.8. The topological polar surface area (TPSA) is 98.9 Å². The molecule has 0 radical (unpaired) electrons. The SMILES string of the molecule is Cc1ccccc1NC(=O)Nc1nc(=O)c(-c2ccc(CNCCC3CC3)cc2)c[nH]1. The molecule has 2 aromatic carbocycles. The van der Waals surface area contributed by atoms with Crippen molar-refractivity contribution in [3.63, 3.8) is 0 Å². The average molecular weight is 418 g/mol. The van der Waals surface area contributed by atoms with Crippen molar-refractivity contribution in [3.8, 4) is 11.1 Å². The minimum Gasteiger partial charge on any atom is -0.331 e. The van der Waals surface area contributed by atoms with Crippen molar-refractivity contribution in [1.29, 1.82) is 0 Å². The van der Waals surface area contributed by atoms with Crippen molar-refractivity contribution in [3.05, 3.63) is 76.2 Å². The van der Waals surface area contributed by atoms with E-state index < -0.39 is 11.6 Å². The van der Waals surface area contributed by atoms with Crippen molar-refractivity contribution in [2.24, 2.45) is 5.92 Å². The monoisotopic (exact) mass is 417 g/mol. The smallest absolute Gasteiger partial charge is 0.326 e. The number of carbonyl (C=O) groups excluding carboxylic acids is 1. The molecule has 3 aromatic rings. The summed E-state index contributed by atoms with van der Waals surface area (Å²) in [5, 5.41) is 8.77. The zero-order chi connectivity index (χ0) is 21.6. The Morgan fingerprint density at radius 1 is 1.10 bits per heavy atom. The highest BCUT2D eigenvalue weighted by atomic mass is 16.2. The van der Waals surface area contributed by atoms with Gasteiger partial charge < -0.3 is 15.6 Å². The molecule has 4 rings (SSSR count). The molecule has 0 aliphatic heterocycles. The van der Waals surface area contributed by atoms with E-state index in [1.807, 2.05) is 49.4 Å². The lowest BCUT2D eigenvalue weighted by atomic mass is 10.1. The van der Waals surface area contributed by atoms with Gasteiger partial charge in [0.25, 0.3) is 5.56 Å². The standard InChI is InChI=1S/C24H27N5O2/c1-16-4-2-3-5-21(16)27-24(31)29-23-26-15-20(22(30)28-23)19-10-8-18(9-11-19)14-25-13-12-17-6-7-17/h2-5,8-11,15,17,25H,6-7,12-14H2,1H3,(H3,26,27,28,29,30,31). The van der Waals surface area contributed by atoms with Crippen LogP contribution < -0.4 is 21.5 Å². The molecule has 7 heteroatoms. The van der Waals surface area contributed by atoms with E-state index in [0.717, 1.165) is 30.1 Å². The number of hydrogen-bond donors (Lipinski definition) is 4. The van der Waals surface area contributed by atoms with Crippen LogP contribution in [-0.2, 0) is 6.54 Å². The van der Waals surface area contributed by atoms with Crippen molar-refractivity contribution >= 4 is 17.7 Å². The van der Waals surface area contributed by atoms with Gasteiger partial charge in [-0.15, -0.1) is 0 Å². The molecule has 1 saturated carbocycles. The number of H-pyrrole nitrogens is 1. The molecule has 0 spiro atoms. The summed E-state index contributed by atoms with van der Waals surface area (Å²) in [4.78, 5) is 31.5. The first-order chi connectivity index (χ1) is 15.1. The molecule has 4 N–H and O–H groups in total. The molecule has 1 aliphatic rings. The molecule has 1 aliphatic carbocycles. The van der Waals surface area contributed by atoms with Crippen LogP contribution in [0.1, 0.15) is 30.4 Å². The van der Waals surface area contributed by atoms with E-state index in [4.69, 9.17) is 0 Å². The van der Waals surface area contributed by atoms with Crippen LogP contribution in [-0.4, -0.2) is 22.5 Å². The van der Waals surface area contributed by atoms with Crippen LogP contribution >= 0.6 is 0 Å². The first-order valence-corrected chi connectivity index (χ1v) is 10.6. The van der Waals surface area contributed by atoms with Crippen molar-refractivity contribution in [2.75, 3.05) is 17.2 Å². The third kappa shape index (κ3) is 5.79. The fraction of sp³-hybridized carbons (Fsp3) is 0.292. The molecule has 0 atom stereocenters. The van der Waals surface area contributed by atoms with Gasteiger partial charge in [-0.05, 0) is 48.6 Å². The number of urea groups is 1. The number of aromatic nitrogens is 2. The second kappa shape index (κ2) is 9.57. The molecule has 0 unspecified atom stereocenters. The lowest BCUT2D eigenvalue weighted by Gasteiger charge is -2.09. The van der Waals surface area contributed by atoms with E-state index in [1.165, 1.54) is 24.8 Å². The minimum absolute atomic E-state index is 0.0938. The number of benzene rings is 2. The molecule has 1 fully saturated rings. The Morgan fingerprint density at radius 2 is 1.87 bits per heavy atom. The summed E-state index contributed by atoms with van der Waals surface area (Å²) in [6.07, 6.45) is 5.58. The van der Waals surface area contributed by atoms with Crippen molar-refractivity contribution in [1.82, 2.24) is 15.3 Å². The van der Waals surface area contributed by atoms with Gasteiger partial charge in [-0.2, -0.15) is 4.98 Å². The maximum Gasteiger partial charge on any atom is 0.326 e. The van der Waals surface area contributed by atoms with Crippen LogP contribution in [0.5, 0.6) is 0 Å². The number of hydrogen-bond acceptors (Lipinski definition) is 4. The predicted molar refractivity (Wildman–Crippen MR) is 123 cm³/mol. The predicted octanol–water partition coefficient (Wildman–Crippen LogP) is 4.28. The van der Waals surface area contributed by atoms with Crippen LogP contribution in [0.2, 0.25) is 0 Å². The normalized spacial score (nSPS) is 13.1. The molecular formula is C24H27N5O2. The molecule has 31 heavy (non-hydrogen) atoms. The summed E-state index contributed by atoms with van der Waals surface area (Å²) >= 11 is 0. The van der Waals surface area contributed by atoms with E-state index >= 15 is 0 Å². The van der Waals surface area contributed by atoms with Crippen LogP contribution in [0.15, 0.2) is 59.5 Å². The number of aryl methyl sites for hydroxylation is 1. The molecule has 0 bridgehead atoms. The van der Waals surface area contributed by atoms with E-state index in [9.17, 15) is 9.59 Å². The van der Waals surface area contributed by atoms with Gasteiger partial charge in [-0.25, -0.2) is 4.79 Å². The van der Waals surface area contributed by atoms with Crippen LogP contribution in [0.3, 0.4) is 0 Å². The van der Waals surface area contributed by atoms with Gasteiger partial charge in [-0.1, -0.05) is 55.3 Å². The van der Waals surface area contributed by atoms with Gasteiger partial charge in [0.2, 0.25) is 5.95 Å². The van der Waals surface area contributed by atoms with E-state index in [2.05, 4.69) is 25.9 Å². The number of para-hydroxylation sites is 1. The van der Waals surface area contributed by atoms with E-state index in [0.29, 0.717) is 11.3 Å². The first-order valence-electron chi connectivity index (χ1n) is 10.6. The van der Waals surface area contributed by atoms with Crippen LogP contribution in [0.25, 0.3) is 11.1 Å². The lowest BCUT2D eigenvalue weighted by Crippen LogP contribution is -2.23. The highest BCUT2D eigenvalue weighted by Gasteiger charge is 2.19. The summed E-state index contributed by atoms with van der Waals surface area (Å²) in [7, 11) is 0. The fourth-order valence-corrected chi connectivity index (χ4v) is 3.39. The number of aromatic amines is 1. The second-order valence-electron chi connectivity index (χ2n) is 7.97. The lowest BCUT2D eigenvalue weighted by molar-refractivity contribution is 0.262. The van der Waals surface area contributed by atoms with Gasteiger partial charge in [-0.3, -0.25) is 10.1 Å². The van der Waals surface area contributed by atoms with Crippen molar-refractivity contribution < 1.29 is 4.79 Å². The van der Waals surface area contributed by atoms with Gasteiger partial charge >= 0.3 is 6.03 Å². The summed E-state index contributed by atoms with van der Waals surface area (Å²) in [6.45, 7) is 3.77. The van der Waals surface area contributed by atoms with Gasteiger partial charge in [0.05, 0.1) is 5.56 Å². The zero-order valence-electron chi connectivity index (χ0n) is 17.6. The number of carbonyl (C=O) groups is 1. The molecule has 2 amide bonds. The van der Waals surface area contributed by atoms with Crippen LogP contribution in [0, 0.1) is 12.8 Å². The van der Waals surface area contributed by atoms with Crippen molar-refractivity contribution in [2.45, 2.75) is 32.7 Å². The number of nitrogens with zero attached hydrogens (tertiary/aromatic N) is 1. The Morgan fingerprint density at radius 3 is 2.58 bits per heavy atom. The largest absolute Gasteiger partial charge is 0.331 e. The van der Waals surface area contributed by atoms with Gasteiger partial charge in [0, 0.05) is 18.4 Å². The quantitative estimate of drug-likeness (QED) is 0.411. The second-order valence-corrected chi connectivity index (χ2v) is 7.97. The maximum absolute atomic E-state index is 12.5. The Hall–Kier alpha value is -3.45. The molecule has 160 valence electrons. The van der Waals surface area contributed by atoms with Gasteiger partial charge in [0.15, 0.2) is 0 Å². The highest BCUT2D eigenvalue weighted by Crippen LogP contribution is 2.31. The number of anilines is 2. The van der Waals surface area contributed by atoms with E-state index in [1.54, 1.807) is 12.3 Å². The zero-order valence-corrected chi connectivity index (χ0v) is 17.6. The Balaban J connectivity index is 1.35. The molecule has 1 aromatic heterocycles. The molecule has 0 saturated heterocycles. The number of amides is 2. The minimum atomic E-state index is -0.469. The van der Waals surface area contributed by atoms with Gasteiger partial charge in [0.1, 0.15) is 0 Å². The summed E-state index contributed by atoms with van der Waals surface area (Å²) < 4.78 is 0. The third-order valence-corrected chi connectivity index (χ3v) is 5.44. The Bertz CT molecular complexity index is 1100.